The average Bonchev–Trinajstić information content (AvgIpc) is 2.38. The Labute approximate surface area is 114 Å². The number of halogens is 1. The van der Waals surface area contributed by atoms with Gasteiger partial charge in [-0.25, -0.2) is 9.37 Å². The first-order valence-electron chi connectivity index (χ1n) is 5.29. The lowest BCUT2D eigenvalue weighted by molar-refractivity contribution is 0.617. The largest absolute Gasteiger partial charge is 0.389 e. The van der Waals surface area contributed by atoms with Crippen LogP contribution in [-0.4, -0.2) is 9.97 Å². The minimum atomic E-state index is -0.199. The minimum Gasteiger partial charge on any atom is -0.389 e. The van der Waals surface area contributed by atoms with Crippen LogP contribution >= 0.6 is 24.0 Å². The third-order valence-corrected chi connectivity index (χ3v) is 3.56. The van der Waals surface area contributed by atoms with Crippen LogP contribution in [0.5, 0.6) is 0 Å². The molecule has 0 aliphatic heterocycles. The van der Waals surface area contributed by atoms with Crippen molar-refractivity contribution in [1.29, 1.82) is 0 Å². The van der Waals surface area contributed by atoms with E-state index in [9.17, 15) is 4.39 Å². The summed E-state index contributed by atoms with van der Waals surface area (Å²) in [5.74, 6) is 0.330. The molecule has 2 aromatic rings. The standard InChI is InChI=1S/C13H11FN2S2/c14-11-4-2-1-3-10(11)8-18-12-7-9(13(15)17)5-6-16-12/h1-7H,8H2,(H2,15,17). The van der Waals surface area contributed by atoms with Crippen molar-refractivity contribution in [2.75, 3.05) is 0 Å². The number of pyridine rings is 1. The van der Waals surface area contributed by atoms with Crippen molar-refractivity contribution in [3.8, 4) is 0 Å². The molecule has 0 amide bonds. The topological polar surface area (TPSA) is 38.9 Å². The maximum atomic E-state index is 13.4. The highest BCUT2D eigenvalue weighted by atomic mass is 32.2. The summed E-state index contributed by atoms with van der Waals surface area (Å²) in [7, 11) is 0. The zero-order valence-electron chi connectivity index (χ0n) is 9.47. The summed E-state index contributed by atoms with van der Waals surface area (Å²) >= 11 is 6.35. The van der Waals surface area contributed by atoms with Crippen LogP contribution < -0.4 is 5.73 Å². The number of nitrogens with zero attached hydrogens (tertiary/aromatic N) is 1. The maximum Gasteiger partial charge on any atom is 0.127 e. The van der Waals surface area contributed by atoms with E-state index in [1.165, 1.54) is 17.8 Å². The Bertz CT molecular complexity index is 572. The van der Waals surface area contributed by atoms with Crippen molar-refractivity contribution in [3.63, 3.8) is 0 Å². The predicted molar refractivity (Wildman–Crippen MR) is 76.1 cm³/mol. The van der Waals surface area contributed by atoms with E-state index in [0.717, 1.165) is 10.6 Å². The summed E-state index contributed by atoms with van der Waals surface area (Å²) in [4.78, 5) is 4.53. The SMILES string of the molecule is NC(=S)c1ccnc(SCc2ccccc2F)c1. The van der Waals surface area contributed by atoms with Gasteiger partial charge in [0.25, 0.3) is 0 Å². The summed E-state index contributed by atoms with van der Waals surface area (Å²) < 4.78 is 13.4. The average molecular weight is 278 g/mol. The smallest absolute Gasteiger partial charge is 0.127 e. The van der Waals surface area contributed by atoms with Crippen LogP contribution in [-0.2, 0) is 5.75 Å². The molecule has 2 N–H and O–H groups in total. The Balaban J connectivity index is 2.09. The molecule has 0 unspecified atom stereocenters. The molecule has 92 valence electrons. The van der Waals surface area contributed by atoms with E-state index in [-0.39, 0.29) is 5.82 Å². The van der Waals surface area contributed by atoms with Gasteiger partial charge in [0.05, 0.1) is 5.03 Å². The Hall–Kier alpha value is -1.46. The second kappa shape index (κ2) is 5.93. The Morgan fingerprint density at radius 1 is 1.33 bits per heavy atom. The fraction of sp³-hybridized carbons (Fsp3) is 0.0769. The van der Waals surface area contributed by atoms with Crippen LogP contribution in [0, 0.1) is 5.82 Å². The molecular weight excluding hydrogens is 267 g/mol. The fourth-order valence-corrected chi connectivity index (χ4v) is 2.42. The summed E-state index contributed by atoms with van der Waals surface area (Å²) in [6.45, 7) is 0. The molecule has 18 heavy (non-hydrogen) atoms. The lowest BCUT2D eigenvalue weighted by Gasteiger charge is -2.04. The quantitative estimate of drug-likeness (QED) is 0.689. The van der Waals surface area contributed by atoms with Gasteiger partial charge in [-0.05, 0) is 23.8 Å². The highest BCUT2D eigenvalue weighted by Gasteiger charge is 2.04. The lowest BCUT2D eigenvalue weighted by Crippen LogP contribution is -2.09. The normalized spacial score (nSPS) is 10.3. The summed E-state index contributed by atoms with van der Waals surface area (Å²) in [6.07, 6.45) is 1.65. The van der Waals surface area contributed by atoms with Crippen molar-refractivity contribution in [2.45, 2.75) is 10.8 Å². The van der Waals surface area contributed by atoms with Crippen LogP contribution in [0.2, 0.25) is 0 Å². The molecule has 0 bridgehead atoms. The highest BCUT2D eigenvalue weighted by Crippen LogP contribution is 2.22. The second-order valence-corrected chi connectivity index (χ2v) is 5.06. The predicted octanol–water partition coefficient (Wildman–Crippen LogP) is 3.15. The molecule has 1 aromatic carbocycles. The van der Waals surface area contributed by atoms with Crippen LogP contribution in [0.3, 0.4) is 0 Å². The van der Waals surface area contributed by atoms with Crippen molar-refractivity contribution in [2.24, 2.45) is 5.73 Å². The lowest BCUT2D eigenvalue weighted by atomic mass is 10.2. The Kier molecular flexibility index (Phi) is 4.28. The fourth-order valence-electron chi connectivity index (χ4n) is 1.41. The molecule has 2 rings (SSSR count). The van der Waals surface area contributed by atoms with E-state index in [0.29, 0.717) is 16.3 Å². The zero-order valence-corrected chi connectivity index (χ0v) is 11.1. The number of rotatable bonds is 4. The van der Waals surface area contributed by atoms with E-state index < -0.39 is 0 Å². The van der Waals surface area contributed by atoms with Gasteiger partial charge in [0.2, 0.25) is 0 Å². The first-order chi connectivity index (χ1) is 8.66. The van der Waals surface area contributed by atoms with Crippen LogP contribution in [0.1, 0.15) is 11.1 Å². The number of thiocarbonyl (C=S) groups is 1. The van der Waals surface area contributed by atoms with E-state index in [4.69, 9.17) is 18.0 Å². The van der Waals surface area contributed by atoms with Gasteiger partial charge < -0.3 is 5.73 Å². The first kappa shape index (κ1) is 13.0. The van der Waals surface area contributed by atoms with Gasteiger partial charge in [-0.3, -0.25) is 0 Å². The van der Waals surface area contributed by atoms with Crippen molar-refractivity contribution in [3.05, 3.63) is 59.5 Å². The number of aromatic nitrogens is 1. The Morgan fingerprint density at radius 3 is 2.83 bits per heavy atom. The molecular formula is C13H11FN2S2. The van der Waals surface area contributed by atoms with Gasteiger partial charge in [-0.2, -0.15) is 0 Å². The maximum absolute atomic E-state index is 13.4. The van der Waals surface area contributed by atoms with Gasteiger partial charge >= 0.3 is 0 Å². The van der Waals surface area contributed by atoms with Gasteiger partial charge in [-0.15, -0.1) is 11.8 Å². The molecule has 0 aliphatic rings. The van der Waals surface area contributed by atoms with E-state index in [1.54, 1.807) is 24.4 Å². The van der Waals surface area contributed by atoms with Gasteiger partial charge in [-0.1, -0.05) is 30.4 Å². The molecule has 0 spiro atoms. The third kappa shape index (κ3) is 3.27. The molecule has 1 aromatic heterocycles. The van der Waals surface area contributed by atoms with E-state index >= 15 is 0 Å². The van der Waals surface area contributed by atoms with Crippen LogP contribution in [0.25, 0.3) is 0 Å². The van der Waals surface area contributed by atoms with E-state index in [1.807, 2.05) is 12.1 Å². The number of thioether (sulfide) groups is 1. The van der Waals surface area contributed by atoms with E-state index in [2.05, 4.69) is 4.98 Å². The summed E-state index contributed by atoms with van der Waals surface area (Å²) in [5, 5.41) is 0.781. The summed E-state index contributed by atoms with van der Waals surface area (Å²) in [5.41, 5.74) is 6.98. The van der Waals surface area contributed by atoms with Gasteiger partial charge in [0.1, 0.15) is 10.8 Å². The second-order valence-electron chi connectivity index (χ2n) is 3.63. The van der Waals surface area contributed by atoms with Crippen LogP contribution in [0.4, 0.5) is 4.39 Å². The molecule has 0 fully saturated rings. The molecule has 0 radical (unpaired) electrons. The summed E-state index contributed by atoms with van der Waals surface area (Å²) in [6, 6.07) is 10.3. The van der Waals surface area contributed by atoms with Crippen LogP contribution in [0.15, 0.2) is 47.6 Å². The monoisotopic (exact) mass is 278 g/mol. The molecule has 1 heterocycles. The zero-order chi connectivity index (χ0) is 13.0. The Morgan fingerprint density at radius 2 is 2.11 bits per heavy atom. The number of benzene rings is 1. The molecule has 2 nitrogen and oxygen atoms in total. The number of hydrogen-bond donors (Lipinski definition) is 1. The number of hydrogen-bond acceptors (Lipinski definition) is 3. The van der Waals surface area contributed by atoms with Crippen molar-refractivity contribution in [1.82, 2.24) is 4.98 Å². The first-order valence-corrected chi connectivity index (χ1v) is 6.68. The molecule has 0 saturated carbocycles. The highest BCUT2D eigenvalue weighted by molar-refractivity contribution is 7.98. The molecule has 0 atom stereocenters. The van der Waals surface area contributed by atoms with Gasteiger partial charge in [0.15, 0.2) is 0 Å². The van der Waals surface area contributed by atoms with Crippen molar-refractivity contribution >= 4 is 29.0 Å². The third-order valence-electron chi connectivity index (χ3n) is 2.35. The van der Waals surface area contributed by atoms with Gasteiger partial charge in [0, 0.05) is 17.5 Å². The molecule has 5 heteroatoms. The molecule has 0 saturated heterocycles. The minimum absolute atomic E-state index is 0.199. The van der Waals surface area contributed by atoms with Crippen molar-refractivity contribution < 1.29 is 4.39 Å². The molecule has 0 aliphatic carbocycles. The number of nitrogens with two attached hydrogens (primary N) is 1.